The predicted molar refractivity (Wildman–Crippen MR) is 102 cm³/mol. The van der Waals surface area contributed by atoms with Gasteiger partial charge < -0.3 is 27.9 Å². The molecule has 0 aromatic heterocycles. The third kappa shape index (κ3) is 6.97. The Morgan fingerprint density at radius 3 is 1.71 bits per heavy atom. The number of benzene rings is 1. The fraction of sp³-hybridized carbons (Fsp3) is 0.562. The largest absolute Gasteiger partial charge is 0.508 e. The number of carbonyl (C=O) groups is 1. The summed E-state index contributed by atoms with van der Waals surface area (Å²) in [6.45, 7) is 0. The van der Waals surface area contributed by atoms with Crippen molar-refractivity contribution in [3.8, 4) is 5.75 Å². The lowest BCUT2D eigenvalue weighted by Gasteiger charge is -2.33. The number of nitrogens with zero attached hydrogens (tertiary/aromatic N) is 1. The van der Waals surface area contributed by atoms with Crippen molar-refractivity contribution in [2.24, 2.45) is 0 Å². The number of hydrogen-bond acceptors (Lipinski definition) is 10. The highest BCUT2D eigenvalue weighted by Crippen LogP contribution is 2.52. The standard InChI is InChI=1S/C16H27NO9P2/c1-22-16(19)15(10-13-6-8-14(18)9-7-13)17(11-27(20,23-2)24-3)12-28(21,25-4)26-5/h6-9,15,18H,10-12H2,1-5H3. The van der Waals surface area contributed by atoms with Crippen molar-refractivity contribution in [1.82, 2.24) is 4.90 Å². The Labute approximate surface area is 164 Å². The molecule has 0 aliphatic carbocycles. The second-order valence-electron chi connectivity index (χ2n) is 5.73. The second-order valence-corrected chi connectivity index (χ2v) is 10.2. The van der Waals surface area contributed by atoms with Gasteiger partial charge in [-0.25, -0.2) is 0 Å². The number of hydrogen-bond donors (Lipinski definition) is 1. The third-order valence-electron chi connectivity index (χ3n) is 4.10. The summed E-state index contributed by atoms with van der Waals surface area (Å²) in [5, 5.41) is 9.45. The number of aromatic hydroxyl groups is 1. The fourth-order valence-corrected chi connectivity index (χ4v) is 4.82. The van der Waals surface area contributed by atoms with Gasteiger partial charge in [-0.2, -0.15) is 0 Å². The summed E-state index contributed by atoms with van der Waals surface area (Å²) >= 11 is 0. The van der Waals surface area contributed by atoms with Crippen LogP contribution in [0.1, 0.15) is 5.56 Å². The number of ether oxygens (including phenoxy) is 1. The second kappa shape index (κ2) is 11.1. The van der Waals surface area contributed by atoms with Crippen molar-refractivity contribution in [2.45, 2.75) is 12.5 Å². The molecule has 10 nitrogen and oxygen atoms in total. The summed E-state index contributed by atoms with van der Waals surface area (Å²) in [5.41, 5.74) is 0.688. The molecule has 0 saturated carbocycles. The zero-order valence-corrected chi connectivity index (χ0v) is 18.4. The Hall–Kier alpha value is -1.25. The average Bonchev–Trinajstić information content (AvgIpc) is 2.72. The molecule has 0 aliphatic rings. The van der Waals surface area contributed by atoms with Crippen molar-refractivity contribution >= 4 is 21.2 Å². The van der Waals surface area contributed by atoms with Crippen LogP contribution in [-0.2, 0) is 43.2 Å². The Balaban J connectivity index is 3.31. The highest BCUT2D eigenvalue weighted by atomic mass is 31.2. The molecule has 28 heavy (non-hydrogen) atoms. The third-order valence-corrected chi connectivity index (χ3v) is 7.75. The van der Waals surface area contributed by atoms with Crippen molar-refractivity contribution < 1.29 is 41.9 Å². The number of phenolic OH excluding ortho intramolecular Hbond substituents is 1. The monoisotopic (exact) mass is 439 g/mol. The van der Waals surface area contributed by atoms with Crippen LogP contribution in [-0.4, -0.2) is 70.1 Å². The summed E-state index contributed by atoms with van der Waals surface area (Å²) in [6, 6.07) is 5.20. The lowest BCUT2D eigenvalue weighted by Crippen LogP contribution is -2.44. The molecular weight excluding hydrogens is 412 g/mol. The first-order chi connectivity index (χ1) is 13.2. The molecule has 1 aromatic rings. The highest BCUT2D eigenvalue weighted by Gasteiger charge is 2.38. The van der Waals surface area contributed by atoms with Gasteiger partial charge in [-0.1, -0.05) is 12.1 Å². The van der Waals surface area contributed by atoms with Gasteiger partial charge in [-0.3, -0.25) is 18.8 Å². The van der Waals surface area contributed by atoms with Gasteiger partial charge in [-0.05, 0) is 24.1 Å². The first-order valence-electron chi connectivity index (χ1n) is 8.16. The molecule has 1 aromatic carbocycles. The van der Waals surface area contributed by atoms with Crippen LogP contribution in [0.2, 0.25) is 0 Å². The summed E-state index contributed by atoms with van der Waals surface area (Å²) in [7, 11) is -1.18. The number of rotatable bonds is 12. The molecule has 0 spiro atoms. The van der Waals surface area contributed by atoms with Gasteiger partial charge in [0.15, 0.2) is 0 Å². The van der Waals surface area contributed by atoms with E-state index in [-0.39, 0.29) is 24.7 Å². The van der Waals surface area contributed by atoms with Crippen LogP contribution < -0.4 is 0 Å². The molecule has 1 atom stereocenters. The van der Waals surface area contributed by atoms with E-state index in [0.717, 1.165) is 0 Å². The molecule has 0 heterocycles. The average molecular weight is 439 g/mol. The van der Waals surface area contributed by atoms with E-state index >= 15 is 0 Å². The number of carbonyl (C=O) groups excluding carboxylic acids is 1. The van der Waals surface area contributed by atoms with Crippen LogP contribution in [0.4, 0.5) is 0 Å². The minimum Gasteiger partial charge on any atom is -0.508 e. The Kier molecular flexibility index (Phi) is 9.80. The molecule has 0 amide bonds. The molecule has 0 bridgehead atoms. The van der Waals surface area contributed by atoms with Gasteiger partial charge in [-0.15, -0.1) is 0 Å². The molecule has 160 valence electrons. The highest BCUT2D eigenvalue weighted by molar-refractivity contribution is 7.54. The smallest absolute Gasteiger partial charge is 0.344 e. The van der Waals surface area contributed by atoms with E-state index in [4.69, 9.17) is 22.8 Å². The molecular formula is C16H27NO9P2. The lowest BCUT2D eigenvalue weighted by molar-refractivity contribution is -0.146. The molecule has 0 radical (unpaired) electrons. The molecule has 1 rings (SSSR count). The minimum atomic E-state index is -3.62. The van der Waals surface area contributed by atoms with E-state index in [2.05, 4.69) is 0 Å². The normalized spacial score (nSPS) is 13.5. The zero-order valence-electron chi connectivity index (χ0n) is 16.6. The van der Waals surface area contributed by atoms with Crippen LogP contribution in [0, 0.1) is 0 Å². The molecule has 0 aliphatic heterocycles. The van der Waals surface area contributed by atoms with Crippen molar-refractivity contribution in [3.63, 3.8) is 0 Å². The molecule has 0 fully saturated rings. The van der Waals surface area contributed by atoms with Gasteiger partial charge in [0.05, 0.1) is 7.11 Å². The van der Waals surface area contributed by atoms with Crippen LogP contribution in [0.5, 0.6) is 5.75 Å². The summed E-state index contributed by atoms with van der Waals surface area (Å²) in [4.78, 5) is 13.8. The number of esters is 1. The number of methoxy groups -OCH3 is 1. The van der Waals surface area contributed by atoms with E-state index in [1.807, 2.05) is 0 Å². The number of phenols is 1. The lowest BCUT2D eigenvalue weighted by atomic mass is 10.1. The van der Waals surface area contributed by atoms with Crippen LogP contribution >= 0.6 is 15.2 Å². The Morgan fingerprint density at radius 1 is 0.929 bits per heavy atom. The maximum absolute atomic E-state index is 12.7. The predicted octanol–water partition coefficient (Wildman–Crippen LogP) is 2.67. The maximum atomic E-state index is 12.7. The summed E-state index contributed by atoms with van der Waals surface area (Å²) in [6.07, 6.45) is -0.586. The van der Waals surface area contributed by atoms with Crippen LogP contribution in [0.3, 0.4) is 0 Å². The van der Waals surface area contributed by atoms with Gasteiger partial charge >= 0.3 is 21.2 Å². The maximum Gasteiger partial charge on any atom is 0.344 e. The van der Waals surface area contributed by atoms with Crippen LogP contribution in [0.25, 0.3) is 0 Å². The summed E-state index contributed by atoms with van der Waals surface area (Å²) < 4.78 is 50.1. The SMILES string of the molecule is COC(=O)C(Cc1ccc(O)cc1)N(CP(=O)(OC)OC)CP(=O)(OC)OC. The fourth-order valence-electron chi connectivity index (χ4n) is 2.42. The van der Waals surface area contributed by atoms with E-state index in [1.165, 1.54) is 52.6 Å². The molecule has 1 N–H and O–H groups in total. The minimum absolute atomic E-state index is 0.0711. The van der Waals surface area contributed by atoms with E-state index in [0.29, 0.717) is 5.56 Å². The molecule has 12 heteroatoms. The van der Waals surface area contributed by atoms with Gasteiger partial charge in [0.2, 0.25) is 0 Å². The van der Waals surface area contributed by atoms with E-state index in [1.54, 1.807) is 12.1 Å². The van der Waals surface area contributed by atoms with Crippen molar-refractivity contribution in [1.29, 1.82) is 0 Å². The Morgan fingerprint density at radius 2 is 1.36 bits per heavy atom. The summed E-state index contributed by atoms with van der Waals surface area (Å²) in [5.74, 6) is -0.577. The first kappa shape index (κ1) is 24.8. The zero-order chi connectivity index (χ0) is 21.4. The van der Waals surface area contributed by atoms with E-state index < -0.39 is 27.2 Å². The van der Waals surface area contributed by atoms with Gasteiger partial charge in [0.25, 0.3) is 0 Å². The van der Waals surface area contributed by atoms with Gasteiger partial charge in [0, 0.05) is 28.4 Å². The van der Waals surface area contributed by atoms with Crippen molar-refractivity contribution in [2.75, 3.05) is 48.1 Å². The topological polar surface area (TPSA) is 121 Å². The van der Waals surface area contributed by atoms with E-state index in [9.17, 15) is 19.0 Å². The van der Waals surface area contributed by atoms with Gasteiger partial charge in [0.1, 0.15) is 24.4 Å². The first-order valence-corrected chi connectivity index (χ1v) is 11.6. The Bertz CT molecular complexity index is 681. The van der Waals surface area contributed by atoms with Crippen molar-refractivity contribution in [3.05, 3.63) is 29.8 Å². The van der Waals surface area contributed by atoms with Crippen LogP contribution in [0.15, 0.2) is 24.3 Å². The quantitative estimate of drug-likeness (QED) is 0.384. The molecule has 1 unspecified atom stereocenters. The molecule has 0 saturated heterocycles.